The van der Waals surface area contributed by atoms with E-state index in [-0.39, 0.29) is 24.2 Å². The number of nitriles is 1. The van der Waals surface area contributed by atoms with Gasteiger partial charge >= 0.3 is 0 Å². The fourth-order valence-electron chi connectivity index (χ4n) is 2.18. The fourth-order valence-corrected chi connectivity index (χ4v) is 2.37. The van der Waals surface area contributed by atoms with Gasteiger partial charge in [-0.3, -0.25) is 4.79 Å². The molecule has 1 aromatic heterocycles. The summed E-state index contributed by atoms with van der Waals surface area (Å²) in [5.74, 6) is 0.520. The van der Waals surface area contributed by atoms with Crippen molar-refractivity contribution in [1.82, 2.24) is 9.55 Å². The van der Waals surface area contributed by atoms with Gasteiger partial charge in [-0.15, -0.1) is 11.6 Å². The molecule has 1 aromatic carbocycles. The van der Waals surface area contributed by atoms with Crippen LogP contribution < -0.4 is 5.73 Å². The monoisotopic (exact) mass is 276 g/mol. The Morgan fingerprint density at radius 3 is 2.95 bits per heavy atom. The summed E-state index contributed by atoms with van der Waals surface area (Å²) in [7, 11) is 0. The lowest BCUT2D eigenvalue weighted by molar-refractivity contribution is -0.118. The van der Waals surface area contributed by atoms with E-state index < -0.39 is 0 Å². The van der Waals surface area contributed by atoms with Crippen molar-refractivity contribution in [3.63, 3.8) is 0 Å². The maximum Gasteiger partial charge on any atom is 0.219 e. The van der Waals surface area contributed by atoms with E-state index in [2.05, 4.69) is 11.1 Å². The van der Waals surface area contributed by atoms with Crippen molar-refractivity contribution in [2.45, 2.75) is 25.3 Å². The summed E-state index contributed by atoms with van der Waals surface area (Å²) in [6.45, 7) is 1.88. The summed E-state index contributed by atoms with van der Waals surface area (Å²) in [6, 6.07) is 7.17. The number of fused-ring (bicyclic) bond motifs is 1. The van der Waals surface area contributed by atoms with Crippen LogP contribution in [0.3, 0.4) is 0 Å². The lowest BCUT2D eigenvalue weighted by Gasteiger charge is -2.15. The van der Waals surface area contributed by atoms with Gasteiger partial charge < -0.3 is 10.3 Å². The van der Waals surface area contributed by atoms with Crippen LogP contribution in [0.15, 0.2) is 18.2 Å². The molecule has 0 aliphatic heterocycles. The highest BCUT2D eigenvalue weighted by molar-refractivity contribution is 6.16. The fraction of sp³-hybridized carbons (Fsp3) is 0.308. The summed E-state index contributed by atoms with van der Waals surface area (Å²) in [6.07, 6.45) is 0.201. The molecule has 0 fully saturated rings. The smallest absolute Gasteiger partial charge is 0.219 e. The molecular weight excluding hydrogens is 264 g/mol. The number of carbonyl (C=O) groups is 1. The summed E-state index contributed by atoms with van der Waals surface area (Å²) in [5, 5.41) is 8.96. The summed E-state index contributed by atoms with van der Waals surface area (Å²) in [4.78, 5) is 15.5. The van der Waals surface area contributed by atoms with Gasteiger partial charge in [-0.1, -0.05) is 0 Å². The van der Waals surface area contributed by atoms with Crippen molar-refractivity contribution in [2.75, 3.05) is 0 Å². The van der Waals surface area contributed by atoms with Crippen LogP contribution in [0.2, 0.25) is 0 Å². The van der Waals surface area contributed by atoms with Crippen molar-refractivity contribution in [3.8, 4) is 6.07 Å². The van der Waals surface area contributed by atoms with Crippen LogP contribution >= 0.6 is 11.6 Å². The standard InChI is InChI=1S/C13H13ClN4O/c1-8(4-12(16)19)18-11-5-9(7-15)2-3-10(11)17-13(18)6-14/h2-3,5,8H,4,6H2,1H3,(H2,16,19). The highest BCUT2D eigenvalue weighted by atomic mass is 35.5. The number of imidazole rings is 1. The van der Waals surface area contributed by atoms with E-state index in [1.54, 1.807) is 18.2 Å². The molecule has 2 rings (SSSR count). The van der Waals surface area contributed by atoms with Gasteiger partial charge in [0.25, 0.3) is 0 Å². The number of carbonyl (C=O) groups excluding carboxylic acids is 1. The normalized spacial score (nSPS) is 12.3. The molecule has 2 aromatic rings. The van der Waals surface area contributed by atoms with Crippen LogP contribution in [0.4, 0.5) is 0 Å². The SMILES string of the molecule is CC(CC(N)=O)n1c(CCl)nc2ccc(C#N)cc21. The molecule has 1 heterocycles. The zero-order chi connectivity index (χ0) is 14.0. The molecule has 5 nitrogen and oxygen atoms in total. The second kappa shape index (κ2) is 5.29. The maximum atomic E-state index is 11.1. The molecule has 0 aliphatic rings. The molecule has 0 radical (unpaired) electrons. The van der Waals surface area contributed by atoms with Gasteiger partial charge in [-0.25, -0.2) is 4.98 Å². The van der Waals surface area contributed by atoms with Crippen LogP contribution in [0.1, 0.15) is 30.8 Å². The Labute approximate surface area is 115 Å². The zero-order valence-corrected chi connectivity index (χ0v) is 11.2. The van der Waals surface area contributed by atoms with Crippen LogP contribution in [0.25, 0.3) is 11.0 Å². The van der Waals surface area contributed by atoms with Gasteiger partial charge in [-0.05, 0) is 25.1 Å². The highest BCUT2D eigenvalue weighted by Crippen LogP contribution is 2.25. The van der Waals surface area contributed by atoms with E-state index in [1.807, 2.05) is 11.5 Å². The van der Waals surface area contributed by atoms with E-state index >= 15 is 0 Å². The summed E-state index contributed by atoms with van der Waals surface area (Å²) < 4.78 is 1.87. The molecule has 0 bridgehead atoms. The lowest BCUT2D eigenvalue weighted by atomic mass is 10.2. The molecule has 0 aliphatic carbocycles. The molecule has 1 atom stereocenters. The minimum absolute atomic E-state index is 0.148. The number of nitrogens with two attached hydrogens (primary N) is 1. The van der Waals surface area contributed by atoms with Gasteiger partial charge in [-0.2, -0.15) is 5.26 Å². The molecule has 98 valence electrons. The second-order valence-corrected chi connectivity index (χ2v) is 4.63. The predicted octanol–water partition coefficient (Wildman–Crippen LogP) is 2.08. The third kappa shape index (κ3) is 2.54. The average Bonchev–Trinajstić information content (AvgIpc) is 2.74. The molecule has 0 spiro atoms. The number of aromatic nitrogens is 2. The van der Waals surface area contributed by atoms with Crippen molar-refractivity contribution in [1.29, 1.82) is 5.26 Å². The van der Waals surface area contributed by atoms with Crippen molar-refractivity contribution >= 4 is 28.5 Å². The number of benzene rings is 1. The zero-order valence-electron chi connectivity index (χ0n) is 10.4. The number of nitrogens with zero attached hydrogens (tertiary/aromatic N) is 3. The largest absolute Gasteiger partial charge is 0.370 e. The Kier molecular flexibility index (Phi) is 3.72. The average molecular weight is 277 g/mol. The van der Waals surface area contributed by atoms with Crippen LogP contribution in [0.5, 0.6) is 0 Å². The van der Waals surface area contributed by atoms with Crippen LogP contribution in [-0.4, -0.2) is 15.5 Å². The first kappa shape index (κ1) is 13.4. The minimum Gasteiger partial charge on any atom is -0.370 e. The first-order valence-corrected chi connectivity index (χ1v) is 6.35. The number of rotatable bonds is 4. The number of halogens is 1. The lowest BCUT2D eigenvalue weighted by Crippen LogP contribution is -2.18. The van der Waals surface area contributed by atoms with E-state index in [9.17, 15) is 4.79 Å². The first-order valence-electron chi connectivity index (χ1n) is 5.82. The number of amides is 1. The molecule has 1 amide bonds. The van der Waals surface area contributed by atoms with E-state index in [0.29, 0.717) is 11.4 Å². The molecular formula is C13H13ClN4O. The van der Waals surface area contributed by atoms with Gasteiger partial charge in [0.1, 0.15) is 5.82 Å². The Morgan fingerprint density at radius 1 is 1.63 bits per heavy atom. The number of hydrogen-bond donors (Lipinski definition) is 1. The summed E-state index contributed by atoms with van der Waals surface area (Å²) in [5.41, 5.74) is 7.33. The maximum absolute atomic E-state index is 11.1. The Hall–Kier alpha value is -2.06. The van der Waals surface area contributed by atoms with Crippen LogP contribution in [0, 0.1) is 11.3 Å². The van der Waals surface area contributed by atoms with Crippen molar-refractivity contribution < 1.29 is 4.79 Å². The highest BCUT2D eigenvalue weighted by Gasteiger charge is 2.17. The van der Waals surface area contributed by atoms with Gasteiger partial charge in [0.15, 0.2) is 0 Å². The number of alkyl halides is 1. The van der Waals surface area contributed by atoms with E-state index in [0.717, 1.165) is 11.0 Å². The topological polar surface area (TPSA) is 84.7 Å². The van der Waals surface area contributed by atoms with E-state index in [1.165, 1.54) is 0 Å². The van der Waals surface area contributed by atoms with E-state index in [4.69, 9.17) is 22.6 Å². The van der Waals surface area contributed by atoms with Crippen molar-refractivity contribution in [3.05, 3.63) is 29.6 Å². The van der Waals surface area contributed by atoms with Gasteiger partial charge in [0.05, 0.1) is 28.5 Å². The molecule has 1 unspecified atom stereocenters. The Bertz CT molecular complexity index is 671. The minimum atomic E-state index is -0.383. The first-order chi connectivity index (χ1) is 9.06. The molecule has 0 saturated heterocycles. The molecule has 2 N–H and O–H groups in total. The Morgan fingerprint density at radius 2 is 2.37 bits per heavy atom. The summed E-state index contributed by atoms with van der Waals surface area (Å²) >= 11 is 5.89. The third-order valence-corrected chi connectivity index (χ3v) is 3.19. The van der Waals surface area contributed by atoms with Gasteiger partial charge in [0, 0.05) is 12.5 Å². The molecule has 19 heavy (non-hydrogen) atoms. The molecule has 6 heteroatoms. The number of hydrogen-bond acceptors (Lipinski definition) is 3. The second-order valence-electron chi connectivity index (χ2n) is 4.37. The quantitative estimate of drug-likeness (QED) is 0.868. The third-order valence-electron chi connectivity index (χ3n) is 2.95. The number of primary amides is 1. The van der Waals surface area contributed by atoms with Gasteiger partial charge in [0.2, 0.25) is 5.91 Å². The van der Waals surface area contributed by atoms with Crippen molar-refractivity contribution in [2.24, 2.45) is 5.73 Å². The predicted molar refractivity (Wildman–Crippen MR) is 72.5 cm³/mol. The molecule has 0 saturated carbocycles. The Balaban J connectivity index is 2.61. The van der Waals surface area contributed by atoms with Crippen LogP contribution in [-0.2, 0) is 10.7 Å².